The lowest BCUT2D eigenvalue weighted by atomic mass is 9.97. The number of hydrogen-bond donors (Lipinski definition) is 1. The third-order valence-electron chi connectivity index (χ3n) is 7.94. The SMILES string of the molecule is Cc1ccc(-n2c3ccc(C)c(C)c3c3c(C)c(C)c(Oc4cc(C)c5c(C)ccc(O)c5n4)cc32)nc1. The molecule has 0 saturated heterocycles. The molecule has 0 aliphatic rings. The molecule has 0 aliphatic carbocycles. The van der Waals surface area contributed by atoms with Crippen molar-refractivity contribution in [1.82, 2.24) is 14.5 Å². The number of phenolic OH excluding ortho intramolecular Hbond substituents is 1. The van der Waals surface area contributed by atoms with Gasteiger partial charge in [-0.05, 0) is 106 Å². The van der Waals surface area contributed by atoms with Crippen molar-refractivity contribution in [1.29, 1.82) is 0 Å². The van der Waals surface area contributed by atoms with Gasteiger partial charge < -0.3 is 9.84 Å². The Balaban J connectivity index is 1.63. The van der Waals surface area contributed by atoms with E-state index in [1.54, 1.807) is 6.07 Å². The van der Waals surface area contributed by atoms with Crippen LogP contribution in [-0.4, -0.2) is 19.6 Å². The maximum atomic E-state index is 10.5. The van der Waals surface area contributed by atoms with Gasteiger partial charge in [0.1, 0.15) is 22.8 Å². The number of aromatic hydroxyl groups is 1. The molecule has 0 saturated carbocycles. The number of nitrogens with zero attached hydrogens (tertiary/aromatic N) is 3. The number of hydrogen-bond acceptors (Lipinski definition) is 4. The molecule has 3 aromatic heterocycles. The fourth-order valence-corrected chi connectivity index (χ4v) is 5.60. The van der Waals surface area contributed by atoms with Crippen molar-refractivity contribution in [3.63, 3.8) is 0 Å². The predicted octanol–water partition coefficient (Wildman–Crippen LogP) is 8.38. The minimum atomic E-state index is 0.152. The van der Waals surface area contributed by atoms with Gasteiger partial charge >= 0.3 is 0 Å². The fraction of sp³-hybridized carbons (Fsp3) is 0.212. The summed E-state index contributed by atoms with van der Waals surface area (Å²) in [6, 6.07) is 16.2. The molecule has 5 nitrogen and oxygen atoms in total. The third kappa shape index (κ3) is 3.53. The molecule has 6 rings (SSSR count). The fourth-order valence-electron chi connectivity index (χ4n) is 5.60. The van der Waals surface area contributed by atoms with Crippen molar-refractivity contribution in [2.45, 2.75) is 48.5 Å². The molecule has 3 heterocycles. The van der Waals surface area contributed by atoms with E-state index in [4.69, 9.17) is 14.7 Å². The van der Waals surface area contributed by atoms with Crippen LogP contribution < -0.4 is 4.74 Å². The number of aryl methyl sites for hydroxylation is 6. The van der Waals surface area contributed by atoms with Crippen LogP contribution in [0.25, 0.3) is 38.5 Å². The van der Waals surface area contributed by atoms with Gasteiger partial charge in [-0.1, -0.05) is 18.2 Å². The highest BCUT2D eigenvalue weighted by atomic mass is 16.5. The van der Waals surface area contributed by atoms with Crippen LogP contribution >= 0.6 is 0 Å². The number of aromatic nitrogens is 3. The molecule has 0 atom stereocenters. The van der Waals surface area contributed by atoms with Gasteiger partial charge in [0.15, 0.2) is 0 Å². The summed E-state index contributed by atoms with van der Waals surface area (Å²) in [4.78, 5) is 9.49. The smallest absolute Gasteiger partial charge is 0.220 e. The minimum Gasteiger partial charge on any atom is -0.506 e. The molecule has 1 N–H and O–H groups in total. The second-order valence-electron chi connectivity index (χ2n) is 10.5. The van der Waals surface area contributed by atoms with Gasteiger partial charge in [0.05, 0.1) is 11.0 Å². The number of ether oxygens (including phenoxy) is 1. The molecule has 5 heteroatoms. The highest BCUT2D eigenvalue weighted by Crippen LogP contribution is 2.42. The number of fused-ring (bicyclic) bond motifs is 4. The van der Waals surface area contributed by atoms with E-state index in [1.165, 1.54) is 27.5 Å². The molecule has 3 aromatic carbocycles. The van der Waals surface area contributed by atoms with E-state index >= 15 is 0 Å². The first-order valence-electron chi connectivity index (χ1n) is 12.9. The van der Waals surface area contributed by atoms with Crippen LogP contribution in [0.1, 0.15) is 38.9 Å². The van der Waals surface area contributed by atoms with Crippen LogP contribution in [-0.2, 0) is 0 Å². The van der Waals surface area contributed by atoms with Gasteiger partial charge in [-0.15, -0.1) is 0 Å². The minimum absolute atomic E-state index is 0.152. The number of rotatable bonds is 3. The van der Waals surface area contributed by atoms with Crippen LogP contribution in [0, 0.1) is 48.5 Å². The Morgan fingerprint density at radius 2 is 1.42 bits per heavy atom. The second-order valence-corrected chi connectivity index (χ2v) is 10.5. The molecular weight excluding hydrogens is 470 g/mol. The second kappa shape index (κ2) is 8.59. The summed E-state index contributed by atoms with van der Waals surface area (Å²) in [5.74, 6) is 2.21. The zero-order valence-corrected chi connectivity index (χ0v) is 22.9. The highest BCUT2D eigenvalue weighted by molar-refractivity contribution is 6.13. The van der Waals surface area contributed by atoms with Crippen molar-refractivity contribution in [2.75, 3.05) is 0 Å². The quantitative estimate of drug-likeness (QED) is 0.265. The summed E-state index contributed by atoms with van der Waals surface area (Å²) in [6.45, 7) is 14.7. The molecule has 0 amide bonds. The summed E-state index contributed by atoms with van der Waals surface area (Å²) in [6.07, 6.45) is 1.91. The maximum absolute atomic E-state index is 10.5. The van der Waals surface area contributed by atoms with Crippen LogP contribution in [0.3, 0.4) is 0 Å². The average molecular weight is 502 g/mol. The molecular formula is C33H31N3O2. The summed E-state index contributed by atoms with van der Waals surface area (Å²) >= 11 is 0. The van der Waals surface area contributed by atoms with E-state index in [9.17, 15) is 5.11 Å². The first kappa shape index (κ1) is 24.0. The standard InChI is InChI=1S/C33H31N3O2/c1-17-8-13-28(34-16-17)36-24-11-9-18(2)21(5)31(24)32-23(7)22(6)27(15-25(32)36)38-29-14-20(4)30-19(3)10-12-26(37)33(30)35-29/h8-16,37H,1-7H3. The lowest BCUT2D eigenvalue weighted by molar-refractivity contribution is 0.457. The zero-order valence-electron chi connectivity index (χ0n) is 22.9. The number of pyridine rings is 2. The van der Waals surface area contributed by atoms with Gasteiger partial charge in [0.25, 0.3) is 0 Å². The van der Waals surface area contributed by atoms with E-state index in [2.05, 4.69) is 62.6 Å². The largest absolute Gasteiger partial charge is 0.506 e. The molecule has 190 valence electrons. The monoisotopic (exact) mass is 501 g/mol. The Kier molecular flexibility index (Phi) is 5.42. The van der Waals surface area contributed by atoms with Gasteiger partial charge in [-0.25, -0.2) is 9.97 Å². The summed E-state index contributed by atoms with van der Waals surface area (Å²) in [5, 5.41) is 13.9. The van der Waals surface area contributed by atoms with Crippen molar-refractivity contribution in [2.24, 2.45) is 0 Å². The topological polar surface area (TPSA) is 60.2 Å². The van der Waals surface area contributed by atoms with E-state index < -0.39 is 0 Å². The van der Waals surface area contributed by atoms with Crippen molar-refractivity contribution in [3.8, 4) is 23.2 Å². The first-order chi connectivity index (χ1) is 18.2. The van der Waals surface area contributed by atoms with E-state index in [1.807, 2.05) is 39.1 Å². The van der Waals surface area contributed by atoms with Crippen molar-refractivity contribution < 1.29 is 9.84 Å². The Labute approximate surface area is 222 Å². The molecule has 0 unspecified atom stereocenters. The van der Waals surface area contributed by atoms with Crippen molar-refractivity contribution >= 4 is 32.7 Å². The van der Waals surface area contributed by atoms with Crippen LogP contribution in [0.2, 0.25) is 0 Å². The molecule has 38 heavy (non-hydrogen) atoms. The number of phenols is 1. The van der Waals surface area contributed by atoms with Gasteiger partial charge in [0, 0.05) is 34.5 Å². The molecule has 0 aliphatic heterocycles. The maximum Gasteiger partial charge on any atom is 0.220 e. The average Bonchev–Trinajstić information content (AvgIpc) is 3.22. The molecule has 0 fully saturated rings. The van der Waals surface area contributed by atoms with Crippen LogP contribution in [0.4, 0.5) is 0 Å². The predicted molar refractivity (Wildman–Crippen MR) is 155 cm³/mol. The molecule has 0 radical (unpaired) electrons. The van der Waals surface area contributed by atoms with E-state index in [0.717, 1.165) is 50.2 Å². The lowest BCUT2D eigenvalue weighted by Gasteiger charge is -2.15. The lowest BCUT2D eigenvalue weighted by Crippen LogP contribution is -1.99. The Morgan fingerprint density at radius 3 is 2.16 bits per heavy atom. The van der Waals surface area contributed by atoms with Gasteiger partial charge in [-0.2, -0.15) is 0 Å². The van der Waals surface area contributed by atoms with Gasteiger partial charge in [-0.3, -0.25) is 4.57 Å². The highest BCUT2D eigenvalue weighted by Gasteiger charge is 2.21. The molecule has 0 spiro atoms. The van der Waals surface area contributed by atoms with E-state index in [0.29, 0.717) is 11.4 Å². The normalized spacial score (nSPS) is 11.7. The molecule has 6 aromatic rings. The van der Waals surface area contributed by atoms with Crippen LogP contribution in [0.5, 0.6) is 17.4 Å². The summed E-state index contributed by atoms with van der Waals surface area (Å²) in [5.41, 5.74) is 10.7. The van der Waals surface area contributed by atoms with Gasteiger partial charge in [0.2, 0.25) is 5.88 Å². The number of benzene rings is 3. The first-order valence-corrected chi connectivity index (χ1v) is 12.9. The Hall–Kier alpha value is -4.38. The molecule has 0 bridgehead atoms. The Bertz CT molecular complexity index is 1910. The third-order valence-corrected chi connectivity index (χ3v) is 7.94. The Morgan fingerprint density at radius 1 is 0.684 bits per heavy atom. The summed E-state index contributed by atoms with van der Waals surface area (Å²) < 4.78 is 8.71. The van der Waals surface area contributed by atoms with Crippen molar-refractivity contribution in [3.05, 3.63) is 93.7 Å². The summed E-state index contributed by atoms with van der Waals surface area (Å²) in [7, 11) is 0. The van der Waals surface area contributed by atoms with Crippen LogP contribution in [0.15, 0.2) is 54.7 Å². The zero-order chi connectivity index (χ0) is 26.9. The van der Waals surface area contributed by atoms with E-state index in [-0.39, 0.29) is 5.75 Å².